The van der Waals surface area contributed by atoms with Crippen molar-refractivity contribution in [3.63, 3.8) is 0 Å². The lowest BCUT2D eigenvalue weighted by Crippen LogP contribution is -2.35. The zero-order chi connectivity index (χ0) is 23.8. The number of sulfonamides is 1. The Bertz CT molecular complexity index is 1330. The zero-order valence-corrected chi connectivity index (χ0v) is 19.6. The summed E-state index contributed by atoms with van der Waals surface area (Å²) >= 11 is 0.974. The number of esters is 1. The standard InChI is InChI=1S/C23H21FN2O5S2/c1-25-33(29,30)23-20(22(28)31-2)18-10-11-26(13-19(18)32-23)21(27)15-8-6-14(7-9-15)16-4-3-5-17(24)12-16/h3-9,12,25H,10-11,13H2,1-2H3. The molecule has 1 aliphatic rings. The second kappa shape index (κ2) is 9.05. The molecule has 0 spiro atoms. The fourth-order valence-electron chi connectivity index (χ4n) is 3.80. The molecule has 1 N–H and O–H groups in total. The van der Waals surface area contributed by atoms with E-state index in [1.807, 2.05) is 0 Å². The topological polar surface area (TPSA) is 92.8 Å². The first kappa shape index (κ1) is 23.1. The van der Waals surface area contributed by atoms with E-state index >= 15 is 0 Å². The quantitative estimate of drug-likeness (QED) is 0.556. The van der Waals surface area contributed by atoms with E-state index in [2.05, 4.69) is 4.72 Å². The van der Waals surface area contributed by atoms with Gasteiger partial charge in [0, 0.05) is 17.0 Å². The van der Waals surface area contributed by atoms with E-state index in [4.69, 9.17) is 4.74 Å². The lowest BCUT2D eigenvalue weighted by molar-refractivity contribution is 0.0595. The fourth-order valence-corrected chi connectivity index (χ4v) is 6.53. The Morgan fingerprint density at radius 3 is 2.48 bits per heavy atom. The predicted molar refractivity (Wildman–Crippen MR) is 122 cm³/mol. The Morgan fingerprint density at radius 2 is 1.85 bits per heavy atom. The summed E-state index contributed by atoms with van der Waals surface area (Å²) in [5, 5.41) is 0. The maximum atomic E-state index is 13.5. The summed E-state index contributed by atoms with van der Waals surface area (Å²) in [5.74, 6) is -1.26. The van der Waals surface area contributed by atoms with Crippen LogP contribution in [0.4, 0.5) is 4.39 Å². The van der Waals surface area contributed by atoms with Gasteiger partial charge in [0.05, 0.1) is 19.2 Å². The highest BCUT2D eigenvalue weighted by molar-refractivity contribution is 7.91. The predicted octanol–water partition coefficient (Wildman–Crippen LogP) is 3.45. The molecule has 1 amide bonds. The smallest absolute Gasteiger partial charge is 0.340 e. The van der Waals surface area contributed by atoms with E-state index in [-0.39, 0.29) is 28.0 Å². The number of thiophene rings is 1. The number of carbonyl (C=O) groups excluding carboxylic acids is 2. The number of nitrogens with one attached hydrogen (secondary N) is 1. The molecule has 1 aliphatic heterocycles. The summed E-state index contributed by atoms with van der Waals surface area (Å²) in [5.41, 5.74) is 2.61. The first-order valence-electron chi connectivity index (χ1n) is 10.1. The third-order valence-electron chi connectivity index (χ3n) is 5.50. The van der Waals surface area contributed by atoms with E-state index in [1.54, 1.807) is 41.3 Å². The van der Waals surface area contributed by atoms with Gasteiger partial charge < -0.3 is 9.64 Å². The number of methoxy groups -OCH3 is 1. The van der Waals surface area contributed by atoms with Crippen LogP contribution in [0.1, 0.15) is 31.2 Å². The molecule has 3 aromatic rings. The Labute approximate surface area is 194 Å². The van der Waals surface area contributed by atoms with Crippen molar-refractivity contribution >= 4 is 33.2 Å². The first-order valence-corrected chi connectivity index (χ1v) is 12.4. The Morgan fingerprint density at radius 1 is 1.12 bits per heavy atom. The number of hydrogen-bond acceptors (Lipinski definition) is 6. The molecular weight excluding hydrogens is 467 g/mol. The van der Waals surface area contributed by atoms with Gasteiger partial charge in [0.1, 0.15) is 10.0 Å². The number of rotatable bonds is 5. The van der Waals surface area contributed by atoms with Crippen LogP contribution in [0, 0.1) is 5.82 Å². The zero-order valence-electron chi connectivity index (χ0n) is 17.9. The first-order chi connectivity index (χ1) is 15.7. The van der Waals surface area contributed by atoms with Crippen LogP contribution in [0.15, 0.2) is 52.7 Å². The SMILES string of the molecule is CNS(=O)(=O)c1sc2c(c1C(=O)OC)CCN(C(=O)c1ccc(-c3cccc(F)c3)cc1)C2. The highest BCUT2D eigenvalue weighted by Gasteiger charge is 2.34. The highest BCUT2D eigenvalue weighted by Crippen LogP contribution is 2.37. The number of hydrogen-bond donors (Lipinski definition) is 1. The molecule has 0 saturated carbocycles. The summed E-state index contributed by atoms with van der Waals surface area (Å²) < 4.78 is 45.4. The van der Waals surface area contributed by atoms with Crippen LogP contribution in [0.2, 0.25) is 0 Å². The molecule has 172 valence electrons. The van der Waals surface area contributed by atoms with E-state index in [1.165, 1.54) is 26.3 Å². The number of benzene rings is 2. The molecule has 33 heavy (non-hydrogen) atoms. The molecule has 7 nitrogen and oxygen atoms in total. The van der Waals surface area contributed by atoms with E-state index in [0.717, 1.165) is 16.9 Å². The van der Waals surface area contributed by atoms with Crippen LogP contribution >= 0.6 is 11.3 Å². The number of amides is 1. The van der Waals surface area contributed by atoms with Gasteiger partial charge in [-0.2, -0.15) is 0 Å². The van der Waals surface area contributed by atoms with Gasteiger partial charge in [0.25, 0.3) is 15.9 Å². The van der Waals surface area contributed by atoms with E-state index in [0.29, 0.717) is 34.5 Å². The average Bonchev–Trinajstić information content (AvgIpc) is 3.23. The molecule has 1 aromatic heterocycles. The minimum atomic E-state index is -3.86. The molecule has 0 aliphatic carbocycles. The fraction of sp³-hybridized carbons (Fsp3) is 0.217. The largest absolute Gasteiger partial charge is 0.465 e. The molecule has 0 bridgehead atoms. The molecule has 0 fully saturated rings. The summed E-state index contributed by atoms with van der Waals surface area (Å²) in [7, 11) is -1.39. The monoisotopic (exact) mass is 488 g/mol. The van der Waals surface area contributed by atoms with Gasteiger partial charge in [0.15, 0.2) is 0 Å². The van der Waals surface area contributed by atoms with Crippen molar-refractivity contribution in [3.8, 4) is 11.1 Å². The van der Waals surface area contributed by atoms with Crippen LogP contribution in [-0.2, 0) is 27.7 Å². The molecule has 0 unspecified atom stereocenters. The van der Waals surface area contributed by atoms with Crippen LogP contribution in [0.25, 0.3) is 11.1 Å². The van der Waals surface area contributed by atoms with Crippen molar-refractivity contribution in [1.82, 2.24) is 9.62 Å². The van der Waals surface area contributed by atoms with Gasteiger partial charge in [-0.05, 0) is 54.4 Å². The average molecular weight is 489 g/mol. The lowest BCUT2D eigenvalue weighted by atomic mass is 10.0. The lowest BCUT2D eigenvalue weighted by Gasteiger charge is -2.27. The Hall–Kier alpha value is -3.08. The summed E-state index contributed by atoms with van der Waals surface area (Å²) in [6, 6.07) is 13.1. The van der Waals surface area contributed by atoms with Gasteiger partial charge in [-0.15, -0.1) is 11.3 Å². The van der Waals surface area contributed by atoms with Crippen LogP contribution in [0.5, 0.6) is 0 Å². The number of carbonyl (C=O) groups is 2. The highest BCUT2D eigenvalue weighted by atomic mass is 32.2. The molecule has 4 rings (SSSR count). The van der Waals surface area contributed by atoms with Gasteiger partial charge in [0.2, 0.25) is 0 Å². The third kappa shape index (κ3) is 4.41. The molecule has 2 heterocycles. The maximum Gasteiger partial charge on any atom is 0.340 e. The molecule has 0 radical (unpaired) electrons. The van der Waals surface area contributed by atoms with Crippen molar-refractivity contribution in [2.45, 2.75) is 17.2 Å². The molecule has 0 atom stereocenters. The Balaban J connectivity index is 1.60. The van der Waals surface area contributed by atoms with Gasteiger partial charge in [-0.1, -0.05) is 24.3 Å². The van der Waals surface area contributed by atoms with Crippen molar-refractivity contribution in [2.75, 3.05) is 20.7 Å². The van der Waals surface area contributed by atoms with Crippen molar-refractivity contribution in [2.24, 2.45) is 0 Å². The maximum absolute atomic E-state index is 13.5. The second-order valence-corrected chi connectivity index (χ2v) is 10.6. The molecular formula is C23H21FN2O5S2. The van der Waals surface area contributed by atoms with Crippen LogP contribution < -0.4 is 4.72 Å². The Kier molecular flexibility index (Phi) is 6.33. The van der Waals surface area contributed by atoms with Crippen LogP contribution in [0.3, 0.4) is 0 Å². The minimum absolute atomic E-state index is 0.0402. The van der Waals surface area contributed by atoms with Crippen molar-refractivity contribution in [3.05, 3.63) is 75.9 Å². The second-order valence-electron chi connectivity index (χ2n) is 7.43. The van der Waals surface area contributed by atoms with Gasteiger partial charge >= 0.3 is 5.97 Å². The summed E-state index contributed by atoms with van der Waals surface area (Å²) in [6.07, 6.45) is 0.336. The van der Waals surface area contributed by atoms with E-state index < -0.39 is 16.0 Å². The third-order valence-corrected chi connectivity index (χ3v) is 8.65. The minimum Gasteiger partial charge on any atom is -0.465 e. The van der Waals surface area contributed by atoms with Crippen LogP contribution in [-0.4, -0.2) is 45.9 Å². The summed E-state index contributed by atoms with van der Waals surface area (Å²) in [4.78, 5) is 27.7. The van der Waals surface area contributed by atoms with Gasteiger partial charge in [-0.3, -0.25) is 4.79 Å². The van der Waals surface area contributed by atoms with Crippen molar-refractivity contribution < 1.29 is 27.1 Å². The number of fused-ring (bicyclic) bond motifs is 1. The molecule has 0 saturated heterocycles. The van der Waals surface area contributed by atoms with Crippen molar-refractivity contribution in [1.29, 1.82) is 0 Å². The normalized spacial score (nSPS) is 13.5. The number of ether oxygens (including phenoxy) is 1. The summed E-state index contributed by atoms with van der Waals surface area (Å²) in [6.45, 7) is 0.519. The molecule has 2 aromatic carbocycles. The number of halogens is 1. The number of nitrogens with zero attached hydrogens (tertiary/aromatic N) is 1. The van der Waals surface area contributed by atoms with Gasteiger partial charge in [-0.25, -0.2) is 22.3 Å². The van der Waals surface area contributed by atoms with E-state index in [9.17, 15) is 22.4 Å². The molecule has 10 heteroatoms.